The van der Waals surface area contributed by atoms with E-state index in [0.29, 0.717) is 6.61 Å². The molecule has 144 valence electrons. The quantitative estimate of drug-likeness (QED) is 0.728. The second-order valence-corrected chi connectivity index (χ2v) is 6.07. The Hall–Kier alpha value is -2.19. The first kappa shape index (κ1) is 21.9. The highest BCUT2D eigenvalue weighted by molar-refractivity contribution is 5.95. The molecular weight excluding hydrogens is 366 g/mol. The molecule has 1 aromatic carbocycles. The number of amides is 1. The number of benzene rings is 1. The predicted octanol–water partition coefficient (Wildman–Crippen LogP) is 2.65. The third kappa shape index (κ3) is 5.96. The monoisotopic (exact) mass is 388 g/mol. The normalized spacial score (nSPS) is 11.2. The molecule has 0 bridgehead atoms. The maximum atomic E-state index is 13.3. The smallest absolute Gasteiger partial charge is 0.277 e. The van der Waals surface area contributed by atoms with Crippen LogP contribution in [0, 0.1) is 5.92 Å². The van der Waals surface area contributed by atoms with Gasteiger partial charge in [-0.25, -0.2) is 13.5 Å². The van der Waals surface area contributed by atoms with Crippen molar-refractivity contribution >= 4 is 18.3 Å². The number of nitrogens with zero attached hydrogens (tertiary/aromatic N) is 2. The number of carbonyl (C=O) groups is 1. The second kappa shape index (κ2) is 9.49. The molecule has 0 unspecified atom stereocenters. The Bertz CT molecular complexity index is 708. The van der Waals surface area contributed by atoms with Crippen molar-refractivity contribution in [2.24, 2.45) is 11.7 Å². The van der Waals surface area contributed by atoms with Crippen molar-refractivity contribution in [3.63, 3.8) is 0 Å². The molecule has 0 saturated carbocycles. The highest BCUT2D eigenvalue weighted by atomic mass is 35.5. The molecule has 1 aromatic heterocycles. The third-order valence-electron chi connectivity index (χ3n) is 3.29. The van der Waals surface area contributed by atoms with Gasteiger partial charge in [0.2, 0.25) is 0 Å². The fraction of sp³-hybridized carbons (Fsp3) is 0.412. The van der Waals surface area contributed by atoms with E-state index in [4.69, 9.17) is 10.5 Å². The molecule has 3 N–H and O–H groups in total. The minimum Gasteiger partial charge on any atom is -0.489 e. The molecule has 0 aliphatic rings. The summed E-state index contributed by atoms with van der Waals surface area (Å²) in [7, 11) is 0. The molecule has 2 rings (SSSR count). The van der Waals surface area contributed by atoms with E-state index in [0.717, 1.165) is 5.69 Å². The molecule has 2 aromatic rings. The molecular formula is C17H23ClF2N4O2. The number of halogens is 3. The summed E-state index contributed by atoms with van der Waals surface area (Å²) in [5.41, 5.74) is 5.66. The average Bonchev–Trinajstić information content (AvgIpc) is 3.03. The van der Waals surface area contributed by atoms with Crippen LogP contribution >= 0.6 is 12.4 Å². The number of hydrogen-bond donors (Lipinski definition) is 2. The fourth-order valence-corrected chi connectivity index (χ4v) is 1.96. The van der Waals surface area contributed by atoms with Crippen LogP contribution in [0.3, 0.4) is 0 Å². The van der Waals surface area contributed by atoms with Crippen molar-refractivity contribution in [1.82, 2.24) is 15.1 Å². The number of nitrogens with two attached hydrogens (primary N) is 1. The topological polar surface area (TPSA) is 82.2 Å². The van der Waals surface area contributed by atoms with E-state index in [1.165, 1.54) is 4.68 Å². The first-order valence-electron chi connectivity index (χ1n) is 7.96. The zero-order valence-corrected chi connectivity index (χ0v) is 15.4. The summed E-state index contributed by atoms with van der Waals surface area (Å²) in [6.45, 7) is 2.60. The van der Waals surface area contributed by atoms with Crippen LogP contribution in [0.2, 0.25) is 0 Å². The lowest BCUT2D eigenvalue weighted by atomic mass is 10.2. The zero-order valence-electron chi connectivity index (χ0n) is 14.6. The van der Waals surface area contributed by atoms with E-state index in [-0.39, 0.29) is 29.8 Å². The lowest BCUT2D eigenvalue weighted by Gasteiger charge is -2.14. The standard InChI is InChI=1S/C17H22F2N4O2.ClH/c1-12(2)9-25-14-8-23(13-6-4-3-5-7-13)22-15(14)16(24)21-11-17(18,19)10-20;/h3-8,12H,9-11,20H2,1-2H3,(H,21,24);1H. The Kier molecular flexibility index (Phi) is 7.98. The summed E-state index contributed by atoms with van der Waals surface area (Å²) in [4.78, 5) is 12.3. The predicted molar refractivity (Wildman–Crippen MR) is 97.5 cm³/mol. The molecule has 0 fully saturated rings. The van der Waals surface area contributed by atoms with Crippen molar-refractivity contribution < 1.29 is 18.3 Å². The van der Waals surface area contributed by atoms with Crippen molar-refractivity contribution in [3.8, 4) is 11.4 Å². The first-order chi connectivity index (χ1) is 11.8. The van der Waals surface area contributed by atoms with E-state index in [1.807, 2.05) is 44.2 Å². The van der Waals surface area contributed by atoms with Crippen LogP contribution in [0.25, 0.3) is 5.69 Å². The Morgan fingerprint density at radius 1 is 1.35 bits per heavy atom. The fourth-order valence-electron chi connectivity index (χ4n) is 1.96. The summed E-state index contributed by atoms with van der Waals surface area (Å²) in [5.74, 6) is -3.43. The minimum atomic E-state index is -3.17. The van der Waals surface area contributed by atoms with Gasteiger partial charge in [-0.05, 0) is 18.1 Å². The number of para-hydroxylation sites is 1. The maximum Gasteiger partial charge on any atom is 0.277 e. The molecule has 0 aliphatic carbocycles. The summed E-state index contributed by atoms with van der Waals surface area (Å²) < 4.78 is 33.6. The molecule has 0 spiro atoms. The van der Waals surface area contributed by atoms with Gasteiger partial charge in [0.1, 0.15) is 0 Å². The van der Waals surface area contributed by atoms with E-state index in [1.54, 1.807) is 6.20 Å². The number of aromatic nitrogens is 2. The number of rotatable bonds is 8. The molecule has 9 heteroatoms. The Morgan fingerprint density at radius 3 is 2.58 bits per heavy atom. The van der Waals surface area contributed by atoms with E-state index >= 15 is 0 Å². The maximum absolute atomic E-state index is 13.3. The molecule has 0 saturated heterocycles. The number of nitrogens with one attached hydrogen (secondary N) is 1. The van der Waals surface area contributed by atoms with E-state index < -0.39 is 24.9 Å². The van der Waals surface area contributed by atoms with Gasteiger partial charge < -0.3 is 15.8 Å². The lowest BCUT2D eigenvalue weighted by Crippen LogP contribution is -2.41. The Balaban J connectivity index is 0.00000338. The van der Waals surface area contributed by atoms with Crippen molar-refractivity contribution in [1.29, 1.82) is 0 Å². The van der Waals surface area contributed by atoms with Crippen LogP contribution in [0.1, 0.15) is 24.3 Å². The van der Waals surface area contributed by atoms with Crippen molar-refractivity contribution in [3.05, 3.63) is 42.2 Å². The van der Waals surface area contributed by atoms with Crippen LogP contribution in [0.4, 0.5) is 8.78 Å². The van der Waals surface area contributed by atoms with Crippen LogP contribution in [-0.4, -0.2) is 41.3 Å². The SMILES string of the molecule is CC(C)COc1cn(-c2ccccc2)nc1C(=O)NCC(F)(F)CN.Cl. The van der Waals surface area contributed by atoms with Gasteiger partial charge in [0.05, 0.1) is 31.6 Å². The third-order valence-corrected chi connectivity index (χ3v) is 3.29. The van der Waals surface area contributed by atoms with Crippen LogP contribution in [0.5, 0.6) is 5.75 Å². The number of carbonyl (C=O) groups excluding carboxylic acids is 1. The van der Waals surface area contributed by atoms with Gasteiger partial charge in [0, 0.05) is 0 Å². The largest absolute Gasteiger partial charge is 0.489 e. The Morgan fingerprint density at radius 2 is 2.00 bits per heavy atom. The molecule has 1 heterocycles. The van der Waals surface area contributed by atoms with Crippen LogP contribution in [0.15, 0.2) is 36.5 Å². The van der Waals surface area contributed by atoms with Gasteiger partial charge in [-0.2, -0.15) is 5.10 Å². The average molecular weight is 389 g/mol. The Labute approximate surface area is 157 Å². The first-order valence-corrected chi connectivity index (χ1v) is 7.96. The minimum absolute atomic E-state index is 0. The highest BCUT2D eigenvalue weighted by Crippen LogP contribution is 2.21. The summed E-state index contributed by atoms with van der Waals surface area (Å²) in [5, 5.41) is 6.35. The van der Waals surface area contributed by atoms with E-state index in [9.17, 15) is 13.6 Å². The van der Waals surface area contributed by atoms with Crippen LogP contribution < -0.4 is 15.8 Å². The molecule has 1 amide bonds. The summed E-state index contributed by atoms with van der Waals surface area (Å²) >= 11 is 0. The molecule has 0 radical (unpaired) electrons. The second-order valence-electron chi connectivity index (χ2n) is 6.07. The van der Waals surface area contributed by atoms with Gasteiger partial charge in [-0.1, -0.05) is 32.0 Å². The number of hydrogen-bond acceptors (Lipinski definition) is 4. The van der Waals surface area contributed by atoms with Gasteiger partial charge in [0.15, 0.2) is 11.4 Å². The van der Waals surface area contributed by atoms with Gasteiger partial charge >= 0.3 is 0 Å². The molecule has 26 heavy (non-hydrogen) atoms. The molecule has 6 nitrogen and oxygen atoms in total. The van der Waals surface area contributed by atoms with Gasteiger partial charge in [-0.15, -0.1) is 12.4 Å². The van der Waals surface area contributed by atoms with E-state index in [2.05, 4.69) is 10.4 Å². The zero-order chi connectivity index (χ0) is 18.4. The highest BCUT2D eigenvalue weighted by Gasteiger charge is 2.29. The van der Waals surface area contributed by atoms with Crippen molar-refractivity contribution in [2.75, 3.05) is 19.7 Å². The molecule has 0 aliphatic heterocycles. The molecule has 0 atom stereocenters. The number of ether oxygens (including phenoxy) is 1. The summed E-state index contributed by atoms with van der Waals surface area (Å²) in [6.07, 6.45) is 1.56. The van der Waals surface area contributed by atoms with Crippen molar-refractivity contribution in [2.45, 2.75) is 19.8 Å². The van der Waals surface area contributed by atoms with Crippen LogP contribution in [-0.2, 0) is 0 Å². The summed E-state index contributed by atoms with van der Waals surface area (Å²) in [6, 6.07) is 9.12. The lowest BCUT2D eigenvalue weighted by molar-refractivity contribution is 0.0117. The number of alkyl halides is 2. The van der Waals surface area contributed by atoms with Gasteiger partial charge in [-0.3, -0.25) is 4.79 Å². The van der Waals surface area contributed by atoms with Gasteiger partial charge in [0.25, 0.3) is 11.8 Å².